The third kappa shape index (κ3) is 4.39. The van der Waals surface area contributed by atoms with E-state index < -0.39 is 0 Å². The van der Waals surface area contributed by atoms with E-state index in [1.807, 2.05) is 6.07 Å². The van der Waals surface area contributed by atoms with Gasteiger partial charge in [-0.05, 0) is 68.6 Å². The molecule has 1 aliphatic rings. The summed E-state index contributed by atoms with van der Waals surface area (Å²) in [4.78, 5) is 10.7. The monoisotopic (exact) mass is 661 g/mol. The van der Waals surface area contributed by atoms with Crippen molar-refractivity contribution in [1.29, 1.82) is 0 Å². The maximum absolute atomic E-state index is 5.38. The second-order valence-electron chi connectivity index (χ2n) is 13.7. The number of aromatic nitrogens is 3. The highest BCUT2D eigenvalue weighted by Crippen LogP contribution is 2.46. The number of nitrogens with zero attached hydrogens (tertiary/aromatic N) is 3. The minimum Gasteiger partial charge on any atom is -0.309 e. The lowest BCUT2D eigenvalue weighted by molar-refractivity contribution is 1.13. The lowest BCUT2D eigenvalue weighted by Crippen LogP contribution is -1.99. The molecule has 0 radical (unpaired) electrons. The Balaban J connectivity index is 1.11. The SMILES string of the molecule is c1ccc(-c2nc(-c3ccc4c(ccc5ccccc54)c3)c3c(n2)-c2c(cccc2-c2cccc(-n4c5ccccc5c5ccccc54)c2)C3)cc1. The van der Waals surface area contributed by atoms with Crippen LogP contribution in [0, 0.1) is 0 Å². The number of fused-ring (bicyclic) bond motifs is 9. The van der Waals surface area contributed by atoms with Crippen LogP contribution in [0.4, 0.5) is 0 Å². The van der Waals surface area contributed by atoms with Crippen LogP contribution in [-0.4, -0.2) is 14.5 Å². The molecule has 52 heavy (non-hydrogen) atoms. The highest BCUT2D eigenvalue weighted by Gasteiger charge is 2.29. The van der Waals surface area contributed by atoms with Crippen LogP contribution in [0.15, 0.2) is 176 Å². The van der Waals surface area contributed by atoms with Crippen LogP contribution >= 0.6 is 0 Å². The van der Waals surface area contributed by atoms with Crippen LogP contribution in [-0.2, 0) is 6.42 Å². The van der Waals surface area contributed by atoms with Crippen molar-refractivity contribution in [1.82, 2.24) is 14.5 Å². The molecule has 1 aliphatic carbocycles. The molecule has 0 atom stereocenters. The van der Waals surface area contributed by atoms with Gasteiger partial charge in [-0.25, -0.2) is 9.97 Å². The zero-order valence-electron chi connectivity index (χ0n) is 28.3. The summed E-state index contributed by atoms with van der Waals surface area (Å²) in [6, 6.07) is 63.3. The van der Waals surface area contributed by atoms with Crippen molar-refractivity contribution in [2.45, 2.75) is 6.42 Å². The Bertz CT molecular complexity index is 2990. The molecule has 10 aromatic rings. The van der Waals surface area contributed by atoms with Gasteiger partial charge in [0.1, 0.15) is 0 Å². The molecule has 8 aromatic carbocycles. The summed E-state index contributed by atoms with van der Waals surface area (Å²) >= 11 is 0. The van der Waals surface area contributed by atoms with E-state index in [0.717, 1.165) is 40.4 Å². The first-order chi connectivity index (χ1) is 25.8. The molecular formula is C49H31N3. The molecule has 0 N–H and O–H groups in total. The summed E-state index contributed by atoms with van der Waals surface area (Å²) in [6.07, 6.45) is 0.783. The van der Waals surface area contributed by atoms with E-state index >= 15 is 0 Å². The topological polar surface area (TPSA) is 30.7 Å². The van der Waals surface area contributed by atoms with Gasteiger partial charge in [0, 0.05) is 45.1 Å². The maximum Gasteiger partial charge on any atom is 0.160 e. The van der Waals surface area contributed by atoms with Gasteiger partial charge < -0.3 is 4.57 Å². The van der Waals surface area contributed by atoms with Crippen LogP contribution in [0.5, 0.6) is 0 Å². The van der Waals surface area contributed by atoms with Gasteiger partial charge in [-0.2, -0.15) is 0 Å². The van der Waals surface area contributed by atoms with Crippen molar-refractivity contribution in [3.8, 4) is 50.7 Å². The minimum atomic E-state index is 0.745. The fourth-order valence-electron chi connectivity index (χ4n) is 8.44. The summed E-state index contributed by atoms with van der Waals surface area (Å²) in [5, 5.41) is 7.51. The maximum atomic E-state index is 5.38. The molecule has 0 fully saturated rings. The molecule has 0 aliphatic heterocycles. The van der Waals surface area contributed by atoms with E-state index in [-0.39, 0.29) is 0 Å². The summed E-state index contributed by atoms with van der Waals surface area (Å²) < 4.78 is 2.39. The van der Waals surface area contributed by atoms with Crippen molar-refractivity contribution >= 4 is 43.4 Å². The average molecular weight is 662 g/mol. The van der Waals surface area contributed by atoms with Gasteiger partial charge in [-0.3, -0.25) is 0 Å². The van der Waals surface area contributed by atoms with Crippen LogP contribution < -0.4 is 0 Å². The molecule has 0 amide bonds. The molecule has 3 heteroatoms. The molecule has 11 rings (SSSR count). The zero-order valence-corrected chi connectivity index (χ0v) is 28.3. The Morgan fingerprint density at radius 1 is 0.423 bits per heavy atom. The number of rotatable bonds is 4. The van der Waals surface area contributed by atoms with E-state index in [2.05, 4.69) is 174 Å². The van der Waals surface area contributed by atoms with Crippen molar-refractivity contribution < 1.29 is 0 Å². The number of hydrogen-bond donors (Lipinski definition) is 0. The van der Waals surface area contributed by atoms with Crippen LogP contribution in [0.25, 0.3) is 94.1 Å². The molecule has 242 valence electrons. The van der Waals surface area contributed by atoms with Crippen molar-refractivity contribution in [3.05, 3.63) is 187 Å². The van der Waals surface area contributed by atoms with Gasteiger partial charge in [0.15, 0.2) is 5.82 Å². The number of hydrogen-bond acceptors (Lipinski definition) is 2. The van der Waals surface area contributed by atoms with Gasteiger partial charge in [0.25, 0.3) is 0 Å². The normalized spacial score (nSPS) is 12.2. The van der Waals surface area contributed by atoms with E-state index in [4.69, 9.17) is 9.97 Å². The number of benzene rings is 8. The summed E-state index contributed by atoms with van der Waals surface area (Å²) in [5.41, 5.74) is 13.7. The molecule has 2 heterocycles. The number of para-hydroxylation sites is 2. The minimum absolute atomic E-state index is 0.745. The molecule has 0 saturated heterocycles. The summed E-state index contributed by atoms with van der Waals surface area (Å²) in [6.45, 7) is 0. The molecule has 0 spiro atoms. The van der Waals surface area contributed by atoms with E-state index in [0.29, 0.717) is 0 Å². The molecule has 0 bridgehead atoms. The zero-order chi connectivity index (χ0) is 34.2. The molecule has 3 nitrogen and oxygen atoms in total. The van der Waals surface area contributed by atoms with Crippen molar-refractivity contribution in [2.24, 2.45) is 0 Å². The van der Waals surface area contributed by atoms with Gasteiger partial charge >= 0.3 is 0 Å². The third-order valence-corrected chi connectivity index (χ3v) is 10.8. The standard InChI is InChI=1S/C49H31N3/c1-2-13-32(14-3-1)49-50-47(36-26-27-39-34(28-36)25-24-31-12-4-5-18-38(31)39)43-30-35-16-11-21-40(46(35)48(43)51-49)33-15-10-17-37(29-33)52-44-22-8-6-19-41(44)42-20-7-9-23-45(42)52/h1-29H,30H2. The first-order valence-corrected chi connectivity index (χ1v) is 17.9. The Morgan fingerprint density at radius 2 is 1.08 bits per heavy atom. The van der Waals surface area contributed by atoms with Crippen LogP contribution in [0.2, 0.25) is 0 Å². The Labute approximate surface area is 301 Å². The molecular weight excluding hydrogens is 631 g/mol. The van der Waals surface area contributed by atoms with Crippen molar-refractivity contribution in [2.75, 3.05) is 0 Å². The average Bonchev–Trinajstić information content (AvgIpc) is 3.77. The second kappa shape index (κ2) is 11.3. The van der Waals surface area contributed by atoms with E-state index in [1.165, 1.54) is 71.2 Å². The fourth-order valence-corrected chi connectivity index (χ4v) is 8.44. The van der Waals surface area contributed by atoms with E-state index in [9.17, 15) is 0 Å². The third-order valence-electron chi connectivity index (χ3n) is 10.8. The predicted molar refractivity (Wildman–Crippen MR) is 216 cm³/mol. The Hall–Kier alpha value is -6.84. The van der Waals surface area contributed by atoms with Gasteiger partial charge in [0.2, 0.25) is 0 Å². The largest absolute Gasteiger partial charge is 0.309 e. The van der Waals surface area contributed by atoms with Gasteiger partial charge in [0.05, 0.1) is 22.4 Å². The first kappa shape index (κ1) is 28.9. The van der Waals surface area contributed by atoms with Crippen molar-refractivity contribution in [3.63, 3.8) is 0 Å². The molecule has 2 aromatic heterocycles. The predicted octanol–water partition coefficient (Wildman–Crippen LogP) is 12.5. The second-order valence-corrected chi connectivity index (χ2v) is 13.7. The van der Waals surface area contributed by atoms with E-state index in [1.54, 1.807) is 0 Å². The smallest absolute Gasteiger partial charge is 0.160 e. The molecule has 0 unspecified atom stereocenters. The lowest BCUT2D eigenvalue weighted by atomic mass is 9.95. The molecule has 0 saturated carbocycles. The highest BCUT2D eigenvalue weighted by molar-refractivity contribution is 6.10. The first-order valence-electron chi connectivity index (χ1n) is 17.9. The van der Waals surface area contributed by atoms with Crippen LogP contribution in [0.1, 0.15) is 11.1 Å². The van der Waals surface area contributed by atoms with Crippen LogP contribution in [0.3, 0.4) is 0 Å². The summed E-state index contributed by atoms with van der Waals surface area (Å²) in [5.74, 6) is 0.745. The highest BCUT2D eigenvalue weighted by atomic mass is 15.0. The Kier molecular flexibility index (Phi) is 6.31. The quantitative estimate of drug-likeness (QED) is 0.176. The Morgan fingerprint density at radius 3 is 1.90 bits per heavy atom. The van der Waals surface area contributed by atoms with Gasteiger partial charge in [-0.15, -0.1) is 0 Å². The fraction of sp³-hybridized carbons (Fsp3) is 0.0204. The van der Waals surface area contributed by atoms with Gasteiger partial charge in [-0.1, -0.05) is 146 Å². The lowest BCUT2D eigenvalue weighted by Gasteiger charge is -2.15. The summed E-state index contributed by atoms with van der Waals surface area (Å²) in [7, 11) is 0.